The number of hydrogen-bond acceptors (Lipinski definition) is 8. The van der Waals surface area contributed by atoms with Crippen molar-refractivity contribution < 1.29 is 38.4 Å². The lowest BCUT2D eigenvalue weighted by molar-refractivity contribution is -0.143. The van der Waals surface area contributed by atoms with Crippen LogP contribution in [0.5, 0.6) is 0 Å². The van der Waals surface area contributed by atoms with Gasteiger partial charge in [-0.05, 0) is 45.6 Å². The second-order valence-electron chi connectivity index (χ2n) is 11.1. The number of epoxide rings is 1. The van der Waals surface area contributed by atoms with Crippen molar-refractivity contribution in [3.8, 4) is 0 Å². The number of halogens is 1. The zero-order valence-electron chi connectivity index (χ0n) is 23.9. The van der Waals surface area contributed by atoms with Gasteiger partial charge in [-0.25, -0.2) is 0 Å². The molecule has 0 radical (unpaired) electrons. The zero-order chi connectivity index (χ0) is 29.4. The lowest BCUT2D eigenvalue weighted by atomic mass is 9.87. The van der Waals surface area contributed by atoms with Crippen LogP contribution in [0.15, 0.2) is 36.0 Å². The minimum atomic E-state index is -0.769. The van der Waals surface area contributed by atoms with E-state index in [4.69, 9.17) is 18.9 Å². The van der Waals surface area contributed by atoms with Gasteiger partial charge in [0.25, 0.3) is 0 Å². The van der Waals surface area contributed by atoms with Crippen molar-refractivity contribution >= 4 is 33.7 Å². The molecule has 3 aliphatic rings. The summed E-state index contributed by atoms with van der Waals surface area (Å²) in [6.45, 7) is 9.94. The van der Waals surface area contributed by atoms with Crippen LogP contribution in [0, 0.1) is 5.92 Å². The maximum atomic E-state index is 12.4. The molecule has 3 aliphatic heterocycles. The molecule has 1 spiro atoms. The van der Waals surface area contributed by atoms with Gasteiger partial charge in [-0.15, -0.1) is 0 Å². The number of aliphatic hydroxyl groups excluding tert-OH is 1. The van der Waals surface area contributed by atoms with Gasteiger partial charge in [0.05, 0.1) is 36.3 Å². The van der Waals surface area contributed by atoms with Crippen LogP contribution in [0.25, 0.3) is 0 Å². The summed E-state index contributed by atoms with van der Waals surface area (Å²) < 4.78 is 22.9. The second kappa shape index (κ2) is 14.7. The van der Waals surface area contributed by atoms with Crippen molar-refractivity contribution in [3.05, 3.63) is 36.0 Å². The summed E-state index contributed by atoms with van der Waals surface area (Å²) in [6, 6.07) is -0.119. The average molecular weight is 628 g/mol. The third-order valence-electron chi connectivity index (χ3n) is 7.57. The van der Waals surface area contributed by atoms with Crippen LogP contribution >= 0.6 is 15.9 Å². The highest BCUT2D eigenvalue weighted by Crippen LogP contribution is 2.42. The first-order valence-corrected chi connectivity index (χ1v) is 15.0. The first-order chi connectivity index (χ1) is 18.9. The summed E-state index contributed by atoms with van der Waals surface area (Å²) in [5, 5.41) is 16.8. The van der Waals surface area contributed by atoms with Gasteiger partial charge in [0.2, 0.25) is 11.8 Å². The number of nitrogens with one attached hydrogen (secondary N) is 2. The Labute approximate surface area is 245 Å². The molecule has 0 saturated carbocycles. The monoisotopic (exact) mass is 626 g/mol. The van der Waals surface area contributed by atoms with E-state index in [2.05, 4.69) is 39.6 Å². The van der Waals surface area contributed by atoms with Gasteiger partial charge in [0.15, 0.2) is 0 Å². The van der Waals surface area contributed by atoms with E-state index in [-0.39, 0.29) is 47.4 Å². The van der Waals surface area contributed by atoms with Crippen molar-refractivity contribution in [2.24, 2.45) is 5.92 Å². The van der Waals surface area contributed by atoms with E-state index in [1.165, 1.54) is 13.0 Å². The van der Waals surface area contributed by atoms with E-state index in [1.807, 2.05) is 26.0 Å². The molecule has 40 heavy (non-hydrogen) atoms. The van der Waals surface area contributed by atoms with E-state index in [1.54, 1.807) is 13.0 Å². The van der Waals surface area contributed by atoms with E-state index in [0.717, 1.165) is 12.0 Å². The van der Waals surface area contributed by atoms with Crippen LogP contribution in [-0.2, 0) is 33.3 Å². The molecule has 0 aliphatic carbocycles. The van der Waals surface area contributed by atoms with Crippen LogP contribution in [-0.4, -0.2) is 89.6 Å². The molecular formula is C29H43BrN2O8. The summed E-state index contributed by atoms with van der Waals surface area (Å²) in [6.07, 6.45) is 8.70. The fourth-order valence-corrected chi connectivity index (χ4v) is 5.36. The van der Waals surface area contributed by atoms with Crippen LogP contribution < -0.4 is 10.6 Å². The van der Waals surface area contributed by atoms with Gasteiger partial charge < -0.3 is 34.7 Å². The van der Waals surface area contributed by atoms with Gasteiger partial charge in [0.1, 0.15) is 23.9 Å². The molecule has 2 amide bonds. The summed E-state index contributed by atoms with van der Waals surface area (Å²) >= 11 is 3.14. The number of alkyl halides is 1. The topological polar surface area (TPSA) is 136 Å². The molecule has 3 fully saturated rings. The Morgan fingerprint density at radius 2 is 1.93 bits per heavy atom. The Hall–Kier alpha value is -2.05. The maximum Gasteiger partial charge on any atom is 0.303 e. The first kappa shape index (κ1) is 32.5. The molecule has 3 heterocycles. The Kier molecular flexibility index (Phi) is 12.0. The number of aliphatic hydroxyl groups is 1. The lowest BCUT2D eigenvalue weighted by Crippen LogP contribution is -2.52. The van der Waals surface area contributed by atoms with Crippen molar-refractivity contribution in [2.75, 3.05) is 18.5 Å². The Bertz CT molecular complexity index is 995. The van der Waals surface area contributed by atoms with Gasteiger partial charge >= 0.3 is 5.97 Å². The average Bonchev–Trinajstić information content (AvgIpc) is 3.67. The number of ether oxygens (including phenoxy) is 4. The van der Waals surface area contributed by atoms with E-state index >= 15 is 0 Å². The highest BCUT2D eigenvalue weighted by atomic mass is 79.9. The third kappa shape index (κ3) is 9.51. The molecule has 0 aromatic heterocycles. The minimum absolute atomic E-state index is 0.00751. The molecule has 0 aromatic rings. The minimum Gasteiger partial charge on any atom is -0.459 e. The Morgan fingerprint density at radius 1 is 1.20 bits per heavy atom. The number of allylic oxidation sites excluding steroid dienone is 2. The van der Waals surface area contributed by atoms with Gasteiger partial charge in [-0.2, -0.15) is 0 Å². The van der Waals surface area contributed by atoms with Crippen molar-refractivity contribution in [2.45, 2.75) is 102 Å². The van der Waals surface area contributed by atoms with Crippen molar-refractivity contribution in [1.82, 2.24) is 10.6 Å². The number of carbonyl (C=O) groups excluding carboxylic acids is 3. The van der Waals surface area contributed by atoms with Crippen LogP contribution in [0.4, 0.5) is 0 Å². The highest BCUT2D eigenvalue weighted by Gasteiger charge is 2.58. The molecule has 1 unspecified atom stereocenters. The first-order valence-electron chi connectivity index (χ1n) is 13.9. The Balaban J connectivity index is 1.49. The molecule has 0 bridgehead atoms. The van der Waals surface area contributed by atoms with Crippen LogP contribution in [0.3, 0.4) is 0 Å². The molecule has 3 saturated heterocycles. The molecule has 3 N–H and O–H groups in total. The lowest BCUT2D eigenvalue weighted by Gasteiger charge is -2.39. The smallest absolute Gasteiger partial charge is 0.303 e. The molecular weight excluding hydrogens is 584 g/mol. The third-order valence-corrected chi connectivity index (χ3v) is 8.08. The second-order valence-corrected chi connectivity index (χ2v) is 11.6. The standard InChI is InChI=1S/C29H43BrN2O8/c1-17(7-10-25-28(36)29(16-37-29)13-22(40-25)15-31-27(35)14-30)6-9-24-18(2)12-23(20(4)39-24)32-26(34)11-8-19(3)38-21(5)33/h6-8,10-11,18-20,22-25,28,36H,9,12-16H2,1-5H3,(H,31,35)(H,32,34)/t18-,19?,20+,22-,23+,24-,25+,28+,29+/m0/s1. The molecule has 224 valence electrons. The summed E-state index contributed by atoms with van der Waals surface area (Å²) in [5.41, 5.74) is 0.417. The van der Waals surface area contributed by atoms with Crippen LogP contribution in [0.1, 0.15) is 53.9 Å². The van der Waals surface area contributed by atoms with Gasteiger partial charge in [-0.1, -0.05) is 46.7 Å². The van der Waals surface area contributed by atoms with Crippen LogP contribution in [0.2, 0.25) is 0 Å². The predicted octanol–water partition coefficient (Wildman–Crippen LogP) is 2.48. The number of hydrogen-bond donors (Lipinski definition) is 3. The van der Waals surface area contributed by atoms with E-state index in [9.17, 15) is 19.5 Å². The number of carbonyl (C=O) groups is 3. The van der Waals surface area contributed by atoms with E-state index in [0.29, 0.717) is 26.0 Å². The fraction of sp³-hybridized carbons (Fsp3) is 0.690. The largest absolute Gasteiger partial charge is 0.459 e. The van der Waals surface area contributed by atoms with Gasteiger partial charge in [-0.3, -0.25) is 14.4 Å². The van der Waals surface area contributed by atoms with E-state index < -0.39 is 29.9 Å². The summed E-state index contributed by atoms with van der Waals surface area (Å²) in [5.74, 6) is -0.529. The molecule has 10 nitrogen and oxygen atoms in total. The molecule has 9 atom stereocenters. The van der Waals surface area contributed by atoms with Crippen molar-refractivity contribution in [1.29, 1.82) is 0 Å². The van der Waals surface area contributed by atoms with Gasteiger partial charge in [0, 0.05) is 26.0 Å². The number of amides is 2. The summed E-state index contributed by atoms with van der Waals surface area (Å²) in [4.78, 5) is 35.0. The predicted molar refractivity (Wildman–Crippen MR) is 153 cm³/mol. The normalized spacial score (nSPS) is 35.1. The quantitative estimate of drug-likeness (QED) is 0.105. The Morgan fingerprint density at radius 3 is 2.58 bits per heavy atom. The highest BCUT2D eigenvalue weighted by molar-refractivity contribution is 9.09. The summed E-state index contributed by atoms with van der Waals surface area (Å²) in [7, 11) is 0. The SMILES string of the molecule is CC(=O)OC(C)C=CC(=O)N[C@@H]1C[C@H](C)[C@H](CC=C(C)C=C[C@H]2O[C@H](CNC(=O)CBr)C[C@@]3(CO3)[C@@H]2O)O[C@@H]1C. The molecule has 3 rings (SSSR count). The molecule has 0 aromatic carbocycles. The molecule has 11 heteroatoms. The number of rotatable bonds is 11. The zero-order valence-corrected chi connectivity index (χ0v) is 25.5. The van der Waals surface area contributed by atoms with Crippen molar-refractivity contribution in [3.63, 3.8) is 0 Å². The fourth-order valence-electron chi connectivity index (χ4n) is 5.16. The maximum absolute atomic E-state index is 12.4. The number of esters is 1.